The lowest BCUT2D eigenvalue weighted by molar-refractivity contribution is -0.665. The van der Waals surface area contributed by atoms with Gasteiger partial charge in [0, 0.05) is 22.4 Å². The van der Waals surface area contributed by atoms with Gasteiger partial charge in [-0.15, -0.1) is 0 Å². The van der Waals surface area contributed by atoms with Crippen LogP contribution in [0.3, 0.4) is 0 Å². The van der Waals surface area contributed by atoms with E-state index < -0.39 is 0 Å². The smallest absolute Gasteiger partial charge is 0.237 e. The first-order chi connectivity index (χ1) is 12.4. The minimum atomic E-state index is 0.476. The maximum absolute atomic E-state index is 8.23. The average molecular weight is 330 g/mol. The zero-order valence-electron chi connectivity index (χ0n) is 16.6. The van der Waals surface area contributed by atoms with Crippen LogP contribution in [0.1, 0.15) is 37.8 Å². The largest absolute Gasteiger partial charge is 0.286 e. The molecule has 126 valence electrons. The summed E-state index contributed by atoms with van der Waals surface area (Å²) < 4.78 is 12.5. The van der Waals surface area contributed by atoms with E-state index in [1.54, 1.807) is 0 Å². The lowest BCUT2D eigenvalue weighted by Gasteiger charge is -2.11. The first kappa shape index (κ1) is 14.7. The van der Waals surface area contributed by atoms with Crippen LogP contribution in [0.5, 0.6) is 0 Å². The van der Waals surface area contributed by atoms with E-state index in [-0.39, 0.29) is 0 Å². The van der Waals surface area contributed by atoms with Gasteiger partial charge in [0.15, 0.2) is 0 Å². The monoisotopic (exact) mass is 330 g/mol. The zero-order valence-corrected chi connectivity index (χ0v) is 15.6. The topological polar surface area (TPSA) is 8.81 Å². The van der Waals surface area contributed by atoms with Crippen molar-refractivity contribution >= 4 is 21.8 Å². The van der Waals surface area contributed by atoms with Crippen LogP contribution in [0.2, 0.25) is 0 Å². The average Bonchev–Trinajstić information content (AvgIpc) is 2.91. The Balaban J connectivity index is 2.26. The highest BCUT2D eigenvalue weighted by molar-refractivity contribution is 6.10. The third-order valence-corrected chi connectivity index (χ3v) is 5.19. The molecule has 0 saturated carbocycles. The Kier molecular flexibility index (Phi) is 3.37. The number of hydrogen-bond acceptors (Lipinski definition) is 0. The molecule has 2 heterocycles. The van der Waals surface area contributed by atoms with E-state index >= 15 is 0 Å². The summed E-state index contributed by atoms with van der Waals surface area (Å²) in [5, 5.41) is 2.54. The van der Waals surface area contributed by atoms with Crippen LogP contribution in [0, 0.1) is 13.8 Å². The molecule has 4 rings (SSSR count). The Morgan fingerprint density at radius 1 is 1.00 bits per heavy atom. The van der Waals surface area contributed by atoms with Gasteiger partial charge < -0.3 is 0 Å². The van der Waals surface area contributed by atoms with Crippen molar-refractivity contribution in [1.29, 1.82) is 0 Å². The molecule has 4 aromatic rings. The molecule has 2 aromatic carbocycles. The van der Waals surface area contributed by atoms with Gasteiger partial charge in [0.1, 0.15) is 12.4 Å². The summed E-state index contributed by atoms with van der Waals surface area (Å²) in [6.45, 7) is 8.85. The van der Waals surface area contributed by atoms with Gasteiger partial charge in [-0.1, -0.05) is 32.0 Å². The van der Waals surface area contributed by atoms with Crippen molar-refractivity contribution in [1.82, 2.24) is 4.57 Å². The minimum Gasteiger partial charge on any atom is -0.237 e. The molecule has 25 heavy (non-hydrogen) atoms. The fourth-order valence-electron chi connectivity index (χ4n) is 3.95. The molecule has 0 radical (unpaired) electrons. The Morgan fingerprint density at radius 3 is 2.52 bits per heavy atom. The molecule has 0 aliphatic rings. The van der Waals surface area contributed by atoms with Crippen molar-refractivity contribution in [2.75, 3.05) is 0 Å². The van der Waals surface area contributed by atoms with Gasteiger partial charge in [-0.25, -0.2) is 4.57 Å². The van der Waals surface area contributed by atoms with Gasteiger partial charge in [-0.3, -0.25) is 0 Å². The number of nitrogens with zero attached hydrogens (tertiary/aromatic N) is 2. The summed E-state index contributed by atoms with van der Waals surface area (Å²) >= 11 is 0. The molecule has 0 aliphatic heterocycles. The summed E-state index contributed by atoms with van der Waals surface area (Å²) in [6, 6.07) is 17.1. The number of hydrogen-bond donors (Lipinski definition) is 0. The highest BCUT2D eigenvalue weighted by Crippen LogP contribution is 2.36. The highest BCUT2D eigenvalue weighted by Gasteiger charge is 2.23. The third-order valence-electron chi connectivity index (χ3n) is 5.19. The summed E-state index contributed by atoms with van der Waals surface area (Å²) in [4.78, 5) is 0. The van der Waals surface area contributed by atoms with Crippen LogP contribution < -0.4 is 4.57 Å². The molecule has 0 fully saturated rings. The Labute approximate surface area is 150 Å². The Bertz CT molecular complexity index is 1150. The first-order valence-corrected chi connectivity index (χ1v) is 8.90. The normalized spacial score (nSPS) is 12.3. The molecule has 2 nitrogen and oxygen atoms in total. The lowest BCUT2D eigenvalue weighted by atomic mass is 9.95. The van der Waals surface area contributed by atoms with Crippen LogP contribution in [0.25, 0.3) is 27.6 Å². The maximum atomic E-state index is 8.23. The van der Waals surface area contributed by atoms with E-state index in [0.717, 1.165) is 5.82 Å². The van der Waals surface area contributed by atoms with Crippen molar-refractivity contribution in [3.63, 3.8) is 0 Å². The molecule has 0 saturated heterocycles. The molecular weight excluding hydrogens is 304 g/mol. The number of fused-ring (bicyclic) bond motifs is 3. The van der Waals surface area contributed by atoms with E-state index in [1.165, 1.54) is 38.5 Å². The van der Waals surface area contributed by atoms with Crippen molar-refractivity contribution in [3.05, 3.63) is 71.4 Å². The van der Waals surface area contributed by atoms with Gasteiger partial charge in [0.25, 0.3) is 5.82 Å². The second-order valence-corrected chi connectivity index (χ2v) is 7.26. The summed E-state index contributed by atoms with van der Waals surface area (Å²) in [6.07, 6.45) is 0.503. The highest BCUT2D eigenvalue weighted by atomic mass is 15.1. The number of rotatable bonds is 2. The van der Waals surface area contributed by atoms with Crippen molar-refractivity contribution in [2.45, 2.75) is 33.6 Å². The molecule has 0 unspecified atom stereocenters. The Hall–Kier alpha value is -2.61. The van der Waals surface area contributed by atoms with Crippen molar-refractivity contribution < 1.29 is 5.94 Å². The molecule has 0 atom stereocenters. The second-order valence-electron chi connectivity index (χ2n) is 7.26. The number of pyridine rings is 1. The fourth-order valence-corrected chi connectivity index (χ4v) is 3.95. The predicted octanol–water partition coefficient (Wildman–Crippen LogP) is 5.35. The maximum Gasteiger partial charge on any atom is 0.286 e. The molecule has 0 N–H and O–H groups in total. The molecular formula is C23H25N2+. The third kappa shape index (κ3) is 2.36. The molecule has 0 amide bonds. The second kappa shape index (κ2) is 5.73. The fraction of sp³-hybridized carbons (Fsp3) is 0.261. The first-order valence-electron chi connectivity index (χ1n) is 9.40. The summed E-state index contributed by atoms with van der Waals surface area (Å²) in [5.41, 5.74) is 6.39. The van der Waals surface area contributed by atoms with E-state index in [9.17, 15) is 0 Å². The van der Waals surface area contributed by atoms with Crippen LogP contribution in [0.4, 0.5) is 0 Å². The van der Waals surface area contributed by atoms with Crippen LogP contribution >= 0.6 is 0 Å². The van der Waals surface area contributed by atoms with Gasteiger partial charge in [-0.2, -0.15) is 4.57 Å². The molecule has 0 aliphatic carbocycles. The minimum absolute atomic E-state index is 0.476. The van der Waals surface area contributed by atoms with Gasteiger partial charge in [0.05, 0.1) is 13.2 Å². The Morgan fingerprint density at radius 2 is 1.76 bits per heavy atom. The molecule has 2 heteroatoms. The summed E-state index contributed by atoms with van der Waals surface area (Å²) in [7, 11) is 1.97. The molecule has 2 aromatic heterocycles. The number of aromatic nitrogens is 2. The molecule has 0 bridgehead atoms. The SMILES string of the molecule is [2H]c1cccc(-n2c3cc(C)ccc3c3ccc(C(C)C)c(C)c32)[n+]1C. The molecule has 0 spiro atoms. The zero-order chi connectivity index (χ0) is 18.6. The van der Waals surface area contributed by atoms with Crippen LogP contribution in [0.15, 0.2) is 54.7 Å². The predicted molar refractivity (Wildman–Crippen MR) is 106 cm³/mol. The van der Waals surface area contributed by atoms with E-state index in [1.807, 2.05) is 23.7 Å². The van der Waals surface area contributed by atoms with Gasteiger partial charge >= 0.3 is 0 Å². The van der Waals surface area contributed by atoms with Gasteiger partial charge in [0.2, 0.25) is 0 Å². The van der Waals surface area contributed by atoms with E-state index in [4.69, 9.17) is 1.37 Å². The van der Waals surface area contributed by atoms with E-state index in [0.29, 0.717) is 12.1 Å². The lowest BCUT2D eigenvalue weighted by Crippen LogP contribution is -2.33. The number of benzene rings is 2. The van der Waals surface area contributed by atoms with E-state index in [2.05, 4.69) is 68.7 Å². The van der Waals surface area contributed by atoms with Gasteiger partial charge in [-0.05, 0) is 55.2 Å². The van der Waals surface area contributed by atoms with Crippen molar-refractivity contribution in [2.24, 2.45) is 7.05 Å². The number of aryl methyl sites for hydroxylation is 2. The standard InChI is InChI=1S/C23H25N2/c1-15(2)18-11-12-20-19-10-9-16(3)14-21(19)25(23(20)17(18)4)22-8-6-7-13-24(22)5/h6-15H,1-5H3/q+1/i13D. The van der Waals surface area contributed by atoms with Crippen LogP contribution in [-0.2, 0) is 7.05 Å². The van der Waals surface area contributed by atoms with Crippen LogP contribution in [-0.4, -0.2) is 4.57 Å². The van der Waals surface area contributed by atoms with Crippen molar-refractivity contribution in [3.8, 4) is 5.82 Å². The quantitative estimate of drug-likeness (QED) is 0.438. The summed E-state index contributed by atoms with van der Waals surface area (Å²) in [5.74, 6) is 1.50.